The van der Waals surface area contributed by atoms with Crippen LogP contribution in [0.15, 0.2) is 24.8 Å². The Balaban J connectivity index is 1.73. The molecule has 2 rings (SSSR count). The second kappa shape index (κ2) is 10.6. The van der Waals surface area contributed by atoms with Crippen LogP contribution in [0.4, 0.5) is 8.78 Å². The number of hydrogen-bond donors (Lipinski definition) is 0. The van der Waals surface area contributed by atoms with Crippen molar-refractivity contribution in [2.75, 3.05) is 6.61 Å². The van der Waals surface area contributed by atoms with Crippen molar-refractivity contribution < 1.29 is 13.5 Å². The van der Waals surface area contributed by atoms with Gasteiger partial charge >= 0.3 is 0 Å². The predicted molar refractivity (Wildman–Crippen MR) is 99.3 cm³/mol. The van der Waals surface area contributed by atoms with E-state index in [-0.39, 0.29) is 5.75 Å². The molecule has 0 spiro atoms. The second-order valence-corrected chi connectivity index (χ2v) is 6.91. The van der Waals surface area contributed by atoms with Gasteiger partial charge in [-0.3, -0.25) is 0 Å². The van der Waals surface area contributed by atoms with Crippen LogP contribution in [0.2, 0.25) is 0 Å². The van der Waals surface area contributed by atoms with Gasteiger partial charge in [0.05, 0.1) is 6.61 Å². The molecule has 0 heterocycles. The molecule has 0 amide bonds. The van der Waals surface area contributed by atoms with E-state index in [4.69, 9.17) is 4.74 Å². The predicted octanol–water partition coefficient (Wildman–Crippen LogP) is 6.67. The van der Waals surface area contributed by atoms with Crippen molar-refractivity contribution in [3.8, 4) is 5.75 Å². The Morgan fingerprint density at radius 1 is 1.08 bits per heavy atom. The van der Waals surface area contributed by atoms with Crippen molar-refractivity contribution in [3.05, 3.63) is 54.8 Å². The lowest BCUT2D eigenvalue weighted by molar-refractivity contribution is 0.288. The number of rotatable bonds is 10. The third-order valence-electron chi connectivity index (χ3n) is 5.01. The molecule has 25 heavy (non-hydrogen) atoms. The summed E-state index contributed by atoms with van der Waals surface area (Å²) in [6.07, 6.45) is 14.5. The van der Waals surface area contributed by atoms with Crippen LogP contribution >= 0.6 is 0 Å². The van der Waals surface area contributed by atoms with E-state index in [9.17, 15) is 8.78 Å². The molecule has 1 aliphatic carbocycles. The number of allylic oxidation sites excluding steroid dienone is 1. The van der Waals surface area contributed by atoms with Gasteiger partial charge in [-0.05, 0) is 81.3 Å². The first-order valence-electron chi connectivity index (χ1n) is 9.55. The molecule has 0 unspecified atom stereocenters. The summed E-state index contributed by atoms with van der Waals surface area (Å²) in [5, 5.41) is 0. The first-order chi connectivity index (χ1) is 12.2. The summed E-state index contributed by atoms with van der Waals surface area (Å²) in [7, 11) is 0. The zero-order valence-electron chi connectivity index (χ0n) is 15.3. The molecule has 0 bridgehead atoms. The Kier molecular flexibility index (Phi) is 8.43. The van der Waals surface area contributed by atoms with E-state index in [0.29, 0.717) is 24.0 Å². The van der Waals surface area contributed by atoms with Crippen LogP contribution in [0.1, 0.15) is 63.9 Å². The van der Waals surface area contributed by atoms with Crippen molar-refractivity contribution >= 4 is 0 Å². The average Bonchev–Trinajstić information content (AvgIpc) is 2.64. The minimum atomic E-state index is -0.878. The average molecular weight is 348 g/mol. The van der Waals surface area contributed by atoms with Gasteiger partial charge in [0.2, 0.25) is 5.82 Å². The third kappa shape index (κ3) is 6.13. The number of ether oxygens (including phenoxy) is 1. The summed E-state index contributed by atoms with van der Waals surface area (Å²) in [4.78, 5) is 0. The Morgan fingerprint density at radius 3 is 2.48 bits per heavy atom. The Hall–Kier alpha value is -1.38. The maximum absolute atomic E-state index is 14.1. The van der Waals surface area contributed by atoms with Gasteiger partial charge in [-0.1, -0.05) is 25.5 Å². The Morgan fingerprint density at radius 2 is 1.80 bits per heavy atom. The van der Waals surface area contributed by atoms with Crippen molar-refractivity contribution in [1.82, 2.24) is 0 Å². The number of unbranched alkanes of at least 4 members (excludes halogenated alkanes) is 2. The summed E-state index contributed by atoms with van der Waals surface area (Å²) in [5.41, 5.74) is 0.323. The molecule has 2 radical (unpaired) electrons. The maximum atomic E-state index is 14.1. The Labute approximate surface area is 151 Å². The van der Waals surface area contributed by atoms with Crippen LogP contribution in [0.3, 0.4) is 0 Å². The summed E-state index contributed by atoms with van der Waals surface area (Å²) >= 11 is 0. The molecular formula is C22H30F2O. The molecule has 1 nitrogen and oxygen atoms in total. The lowest BCUT2D eigenvalue weighted by atomic mass is 9.80. The highest BCUT2D eigenvalue weighted by Gasteiger charge is 2.19. The summed E-state index contributed by atoms with van der Waals surface area (Å²) in [6, 6.07) is 3.13. The monoisotopic (exact) mass is 348 g/mol. The van der Waals surface area contributed by atoms with Crippen molar-refractivity contribution in [2.24, 2.45) is 11.8 Å². The van der Waals surface area contributed by atoms with E-state index >= 15 is 0 Å². The highest BCUT2D eigenvalue weighted by Crippen LogP contribution is 2.32. The van der Waals surface area contributed by atoms with Gasteiger partial charge in [0.1, 0.15) is 0 Å². The summed E-state index contributed by atoms with van der Waals surface area (Å²) < 4.78 is 33.4. The first kappa shape index (κ1) is 19.9. The number of hydrogen-bond acceptors (Lipinski definition) is 1. The SMILES string of the molecule is C=C[C@H]1CC[C@H]([CH]CC[CH]c2ccc(OCCCC)c(F)c2F)CC1. The van der Waals surface area contributed by atoms with Gasteiger partial charge < -0.3 is 4.74 Å². The van der Waals surface area contributed by atoms with Crippen LogP contribution in [-0.4, -0.2) is 6.61 Å². The fourth-order valence-electron chi connectivity index (χ4n) is 3.33. The van der Waals surface area contributed by atoms with E-state index in [0.717, 1.165) is 25.7 Å². The van der Waals surface area contributed by atoms with Crippen molar-refractivity contribution in [3.63, 3.8) is 0 Å². The zero-order chi connectivity index (χ0) is 18.1. The van der Waals surface area contributed by atoms with E-state index in [1.54, 1.807) is 12.5 Å². The molecule has 3 heteroatoms. The van der Waals surface area contributed by atoms with Gasteiger partial charge in [-0.25, -0.2) is 4.39 Å². The molecule has 0 N–H and O–H groups in total. The van der Waals surface area contributed by atoms with Gasteiger partial charge in [-0.2, -0.15) is 4.39 Å². The smallest absolute Gasteiger partial charge is 0.200 e. The van der Waals surface area contributed by atoms with Crippen LogP contribution < -0.4 is 4.74 Å². The van der Waals surface area contributed by atoms with Crippen molar-refractivity contribution in [2.45, 2.75) is 58.3 Å². The first-order valence-corrected chi connectivity index (χ1v) is 9.55. The third-order valence-corrected chi connectivity index (χ3v) is 5.01. The van der Waals surface area contributed by atoms with Crippen LogP contribution in [0.25, 0.3) is 0 Å². The highest BCUT2D eigenvalue weighted by atomic mass is 19.2. The van der Waals surface area contributed by atoms with Crippen LogP contribution in [0, 0.1) is 36.3 Å². The molecule has 1 aromatic rings. The van der Waals surface area contributed by atoms with Crippen molar-refractivity contribution in [1.29, 1.82) is 0 Å². The Bertz CT molecular complexity index is 533. The second-order valence-electron chi connectivity index (χ2n) is 6.91. The lowest BCUT2D eigenvalue weighted by Crippen LogP contribution is -2.13. The molecule has 0 aromatic heterocycles. The fraction of sp³-hybridized carbons (Fsp3) is 0.545. The largest absolute Gasteiger partial charge is 0.490 e. The van der Waals surface area contributed by atoms with Gasteiger partial charge in [0.15, 0.2) is 11.6 Å². The minimum Gasteiger partial charge on any atom is -0.490 e. The van der Waals surface area contributed by atoms with E-state index in [1.165, 1.54) is 31.7 Å². The molecule has 138 valence electrons. The lowest BCUT2D eigenvalue weighted by Gasteiger charge is -2.26. The fourth-order valence-corrected chi connectivity index (χ4v) is 3.33. The highest BCUT2D eigenvalue weighted by molar-refractivity contribution is 5.34. The molecular weight excluding hydrogens is 318 g/mol. The maximum Gasteiger partial charge on any atom is 0.200 e. The van der Waals surface area contributed by atoms with E-state index in [1.807, 2.05) is 6.92 Å². The molecule has 1 aliphatic rings. The molecule has 1 saturated carbocycles. The van der Waals surface area contributed by atoms with Crippen LogP contribution in [0.5, 0.6) is 5.75 Å². The van der Waals surface area contributed by atoms with Gasteiger partial charge in [0, 0.05) is 0 Å². The number of halogens is 2. The normalized spacial score (nSPS) is 20.4. The summed E-state index contributed by atoms with van der Waals surface area (Å²) in [5.74, 6) is -0.349. The molecule has 1 fully saturated rings. The number of benzene rings is 1. The van der Waals surface area contributed by atoms with Gasteiger partial charge in [0.25, 0.3) is 0 Å². The minimum absolute atomic E-state index is 0.00800. The topological polar surface area (TPSA) is 9.23 Å². The quantitative estimate of drug-likeness (QED) is 0.339. The van der Waals surface area contributed by atoms with E-state index in [2.05, 4.69) is 19.1 Å². The summed E-state index contributed by atoms with van der Waals surface area (Å²) in [6.45, 7) is 6.31. The molecule has 0 aliphatic heterocycles. The standard InChI is InChI=1S/C22H30F2O/c1-3-5-16-25-20-15-14-19(21(23)22(20)24)9-7-6-8-18-12-10-17(4-2)11-13-18/h4,8-9,14-15,17-18H,2-3,5-7,10-13,16H2,1H3/t17-,18-. The van der Waals surface area contributed by atoms with Gasteiger partial charge in [-0.15, -0.1) is 6.58 Å². The molecule has 0 saturated heterocycles. The van der Waals surface area contributed by atoms with Crippen LogP contribution in [-0.2, 0) is 0 Å². The molecule has 1 aromatic carbocycles. The molecule has 0 atom stereocenters. The zero-order valence-corrected chi connectivity index (χ0v) is 15.3. The van der Waals surface area contributed by atoms with E-state index < -0.39 is 11.6 Å².